The number of hydrogen-bond acceptors (Lipinski definition) is 5. The lowest BCUT2D eigenvalue weighted by Gasteiger charge is -2.18. The van der Waals surface area contributed by atoms with Gasteiger partial charge in [-0.05, 0) is 18.7 Å². The molecule has 0 bridgehead atoms. The monoisotopic (exact) mass is 291 g/mol. The first-order valence-electron chi connectivity index (χ1n) is 6.68. The lowest BCUT2D eigenvalue weighted by atomic mass is 9.96. The normalized spacial score (nSPS) is 11.7. The predicted molar refractivity (Wildman–Crippen MR) is 82.2 cm³/mol. The topological polar surface area (TPSA) is 55.6 Å². The highest BCUT2D eigenvalue weighted by Crippen LogP contribution is 2.28. The SMILES string of the molecule is CCNc1cc(Sc2nccn2C)nc(C(C)(C)C)n1. The molecular formula is C14H21N5S. The first-order chi connectivity index (χ1) is 9.40. The zero-order valence-electron chi connectivity index (χ0n) is 12.6. The zero-order valence-corrected chi connectivity index (χ0v) is 13.5. The van der Waals surface area contributed by atoms with Crippen molar-refractivity contribution in [2.75, 3.05) is 11.9 Å². The fraction of sp³-hybridized carbons (Fsp3) is 0.500. The maximum atomic E-state index is 4.66. The van der Waals surface area contributed by atoms with Crippen LogP contribution in [0.15, 0.2) is 28.6 Å². The van der Waals surface area contributed by atoms with Crippen LogP contribution >= 0.6 is 11.8 Å². The minimum atomic E-state index is -0.0810. The number of aromatic nitrogens is 4. The van der Waals surface area contributed by atoms with Crippen molar-refractivity contribution < 1.29 is 0 Å². The van der Waals surface area contributed by atoms with Crippen LogP contribution in [0, 0.1) is 0 Å². The van der Waals surface area contributed by atoms with E-state index in [1.54, 1.807) is 18.0 Å². The summed E-state index contributed by atoms with van der Waals surface area (Å²) < 4.78 is 1.98. The summed E-state index contributed by atoms with van der Waals surface area (Å²) >= 11 is 1.55. The highest BCUT2D eigenvalue weighted by Gasteiger charge is 2.19. The smallest absolute Gasteiger partial charge is 0.174 e. The molecule has 108 valence electrons. The minimum Gasteiger partial charge on any atom is -0.370 e. The molecule has 0 unspecified atom stereocenters. The van der Waals surface area contributed by atoms with Gasteiger partial charge in [0.15, 0.2) is 5.16 Å². The van der Waals surface area contributed by atoms with Crippen LogP contribution in [0.2, 0.25) is 0 Å². The average Bonchev–Trinajstić information content (AvgIpc) is 2.74. The molecule has 5 nitrogen and oxygen atoms in total. The number of aryl methyl sites for hydroxylation is 1. The van der Waals surface area contributed by atoms with Gasteiger partial charge in [0.2, 0.25) is 0 Å². The number of hydrogen-bond donors (Lipinski definition) is 1. The molecule has 0 atom stereocenters. The summed E-state index contributed by atoms with van der Waals surface area (Å²) in [5.74, 6) is 1.71. The summed E-state index contributed by atoms with van der Waals surface area (Å²) in [5.41, 5.74) is -0.0810. The van der Waals surface area contributed by atoms with E-state index in [9.17, 15) is 0 Å². The van der Waals surface area contributed by atoms with Gasteiger partial charge in [-0.15, -0.1) is 0 Å². The largest absolute Gasteiger partial charge is 0.370 e. The van der Waals surface area contributed by atoms with Crippen LogP contribution in [0.3, 0.4) is 0 Å². The van der Waals surface area contributed by atoms with Gasteiger partial charge in [-0.1, -0.05) is 20.8 Å². The van der Waals surface area contributed by atoms with Crippen LogP contribution in [0.1, 0.15) is 33.5 Å². The third-order valence-electron chi connectivity index (χ3n) is 2.70. The zero-order chi connectivity index (χ0) is 14.8. The molecule has 0 aliphatic heterocycles. The van der Waals surface area contributed by atoms with Crippen LogP contribution < -0.4 is 5.32 Å². The van der Waals surface area contributed by atoms with Crippen molar-refractivity contribution in [2.45, 2.75) is 43.3 Å². The van der Waals surface area contributed by atoms with Gasteiger partial charge in [0, 0.05) is 37.5 Å². The Bertz CT molecular complexity index is 585. The van der Waals surface area contributed by atoms with Gasteiger partial charge in [-0.25, -0.2) is 15.0 Å². The number of imidazole rings is 1. The van der Waals surface area contributed by atoms with E-state index < -0.39 is 0 Å². The molecule has 0 saturated heterocycles. The molecule has 0 aliphatic carbocycles. The Morgan fingerprint density at radius 1 is 1.30 bits per heavy atom. The molecule has 0 radical (unpaired) electrons. The lowest BCUT2D eigenvalue weighted by Crippen LogP contribution is -2.17. The Balaban J connectivity index is 2.36. The highest BCUT2D eigenvalue weighted by molar-refractivity contribution is 7.99. The summed E-state index contributed by atoms with van der Waals surface area (Å²) in [7, 11) is 1.98. The van der Waals surface area contributed by atoms with Crippen LogP contribution in [-0.2, 0) is 12.5 Å². The summed E-state index contributed by atoms with van der Waals surface area (Å²) in [4.78, 5) is 13.6. The molecule has 0 amide bonds. The van der Waals surface area contributed by atoms with Gasteiger partial charge >= 0.3 is 0 Å². The fourth-order valence-corrected chi connectivity index (χ4v) is 2.44. The number of rotatable bonds is 4. The molecule has 1 N–H and O–H groups in total. The molecule has 2 aromatic rings. The van der Waals surface area contributed by atoms with Gasteiger partial charge in [0.25, 0.3) is 0 Å². The van der Waals surface area contributed by atoms with Crippen molar-refractivity contribution >= 4 is 17.6 Å². The van der Waals surface area contributed by atoms with Crippen LogP contribution in [0.5, 0.6) is 0 Å². The summed E-state index contributed by atoms with van der Waals surface area (Å²) in [6.07, 6.45) is 3.72. The Kier molecular flexibility index (Phi) is 4.32. The molecule has 0 spiro atoms. The second kappa shape index (κ2) is 5.83. The maximum absolute atomic E-state index is 4.66. The molecule has 0 aliphatic rings. The van der Waals surface area contributed by atoms with Crippen molar-refractivity contribution in [3.63, 3.8) is 0 Å². The van der Waals surface area contributed by atoms with Crippen molar-refractivity contribution in [2.24, 2.45) is 7.05 Å². The molecule has 0 saturated carbocycles. The van der Waals surface area contributed by atoms with Gasteiger partial charge in [0.1, 0.15) is 16.7 Å². The van der Waals surface area contributed by atoms with E-state index in [1.807, 2.05) is 23.9 Å². The molecule has 2 rings (SSSR count). The van der Waals surface area contributed by atoms with Crippen molar-refractivity contribution in [3.05, 3.63) is 24.3 Å². The van der Waals surface area contributed by atoms with E-state index in [2.05, 4.69) is 48.0 Å². The molecule has 0 fully saturated rings. The van der Waals surface area contributed by atoms with E-state index in [-0.39, 0.29) is 5.41 Å². The van der Waals surface area contributed by atoms with Crippen molar-refractivity contribution in [3.8, 4) is 0 Å². The third kappa shape index (κ3) is 3.50. The predicted octanol–water partition coefficient (Wildman–Crippen LogP) is 3.09. The second-order valence-electron chi connectivity index (χ2n) is 5.62. The molecule has 6 heteroatoms. The first-order valence-corrected chi connectivity index (χ1v) is 7.50. The van der Waals surface area contributed by atoms with Crippen LogP contribution in [0.25, 0.3) is 0 Å². The highest BCUT2D eigenvalue weighted by atomic mass is 32.2. The summed E-state index contributed by atoms with van der Waals surface area (Å²) in [6.45, 7) is 9.26. The Morgan fingerprint density at radius 2 is 2.05 bits per heavy atom. The Hall–Kier alpha value is -1.56. The van der Waals surface area contributed by atoms with E-state index in [0.717, 1.165) is 28.4 Å². The standard InChI is InChI=1S/C14H21N5S/c1-6-15-10-9-11(18-12(17-10)14(2,3)4)20-13-16-7-8-19(13)5/h7-9H,6H2,1-5H3,(H,15,17,18). The Morgan fingerprint density at radius 3 is 2.60 bits per heavy atom. The molecule has 2 heterocycles. The average molecular weight is 291 g/mol. The summed E-state index contributed by atoms with van der Waals surface area (Å²) in [6, 6.07) is 1.97. The third-order valence-corrected chi connectivity index (χ3v) is 3.70. The quantitative estimate of drug-likeness (QED) is 0.877. The van der Waals surface area contributed by atoms with Crippen LogP contribution in [0.4, 0.5) is 5.82 Å². The molecular weight excluding hydrogens is 270 g/mol. The second-order valence-corrected chi connectivity index (χ2v) is 6.61. The number of nitrogens with one attached hydrogen (secondary N) is 1. The van der Waals surface area contributed by atoms with Crippen LogP contribution in [-0.4, -0.2) is 26.1 Å². The van der Waals surface area contributed by atoms with E-state index in [0.29, 0.717) is 0 Å². The van der Waals surface area contributed by atoms with E-state index in [1.165, 1.54) is 0 Å². The lowest BCUT2D eigenvalue weighted by molar-refractivity contribution is 0.539. The van der Waals surface area contributed by atoms with Crippen molar-refractivity contribution in [1.29, 1.82) is 0 Å². The molecule has 0 aromatic carbocycles. The van der Waals surface area contributed by atoms with E-state index in [4.69, 9.17) is 0 Å². The summed E-state index contributed by atoms with van der Waals surface area (Å²) in [5, 5.41) is 5.10. The minimum absolute atomic E-state index is 0.0810. The maximum Gasteiger partial charge on any atom is 0.174 e. The van der Waals surface area contributed by atoms with Gasteiger partial charge < -0.3 is 9.88 Å². The number of nitrogens with zero attached hydrogens (tertiary/aromatic N) is 4. The fourth-order valence-electron chi connectivity index (χ4n) is 1.63. The Labute approximate surface area is 124 Å². The van der Waals surface area contributed by atoms with Gasteiger partial charge in [-0.2, -0.15) is 0 Å². The molecule has 20 heavy (non-hydrogen) atoms. The van der Waals surface area contributed by atoms with Gasteiger partial charge in [0.05, 0.1) is 0 Å². The van der Waals surface area contributed by atoms with Crippen molar-refractivity contribution in [1.82, 2.24) is 19.5 Å². The van der Waals surface area contributed by atoms with Gasteiger partial charge in [-0.3, -0.25) is 0 Å². The molecule has 2 aromatic heterocycles. The first kappa shape index (κ1) is 14.8. The van der Waals surface area contributed by atoms with E-state index >= 15 is 0 Å². The number of anilines is 1.